The molecular formula is C21H23ClN2O2. The van der Waals surface area contributed by atoms with Gasteiger partial charge in [0.25, 0.3) is 5.91 Å². The van der Waals surface area contributed by atoms with Gasteiger partial charge in [0.2, 0.25) is 0 Å². The van der Waals surface area contributed by atoms with Crippen LogP contribution in [0.1, 0.15) is 28.8 Å². The Morgan fingerprint density at radius 2 is 1.88 bits per heavy atom. The van der Waals surface area contributed by atoms with Gasteiger partial charge in [-0.25, -0.2) is 0 Å². The lowest BCUT2D eigenvalue weighted by Gasteiger charge is -2.36. The molecule has 0 saturated carbocycles. The lowest BCUT2D eigenvalue weighted by atomic mass is 9.94. The molecule has 136 valence electrons. The Balaban J connectivity index is 1.51. The van der Waals surface area contributed by atoms with Crippen molar-refractivity contribution in [3.8, 4) is 5.75 Å². The third-order valence-corrected chi connectivity index (χ3v) is 5.80. The van der Waals surface area contributed by atoms with E-state index < -0.39 is 0 Å². The van der Waals surface area contributed by atoms with Gasteiger partial charge in [0.15, 0.2) is 0 Å². The molecule has 1 amide bonds. The van der Waals surface area contributed by atoms with Crippen molar-refractivity contribution >= 4 is 17.5 Å². The number of nitrogens with zero attached hydrogens (tertiary/aromatic N) is 2. The van der Waals surface area contributed by atoms with Crippen molar-refractivity contribution in [1.29, 1.82) is 0 Å². The molecule has 3 heterocycles. The number of halogens is 1. The van der Waals surface area contributed by atoms with E-state index in [1.165, 1.54) is 18.1 Å². The van der Waals surface area contributed by atoms with Crippen LogP contribution in [0.5, 0.6) is 5.75 Å². The number of carbonyl (C=O) groups is 1. The first-order valence-corrected chi connectivity index (χ1v) is 9.53. The van der Waals surface area contributed by atoms with Crippen molar-refractivity contribution < 1.29 is 9.90 Å². The fraction of sp³-hybridized carbons (Fsp3) is 0.381. The lowest BCUT2D eigenvalue weighted by molar-refractivity contribution is 0.0585. The maximum Gasteiger partial charge on any atom is 0.254 e. The fourth-order valence-corrected chi connectivity index (χ4v) is 4.38. The van der Waals surface area contributed by atoms with E-state index in [-0.39, 0.29) is 22.7 Å². The fourth-order valence-electron chi connectivity index (χ4n) is 4.20. The number of phenols is 1. The lowest BCUT2D eigenvalue weighted by Crippen LogP contribution is -2.47. The van der Waals surface area contributed by atoms with Crippen molar-refractivity contribution in [2.75, 3.05) is 19.6 Å². The highest BCUT2D eigenvalue weighted by molar-refractivity contribution is 6.32. The summed E-state index contributed by atoms with van der Waals surface area (Å²) in [4.78, 5) is 17.5. The van der Waals surface area contributed by atoms with Crippen LogP contribution in [-0.2, 0) is 6.54 Å². The number of aromatic hydroxyl groups is 1. The van der Waals surface area contributed by atoms with Gasteiger partial charge in [-0.1, -0.05) is 41.9 Å². The van der Waals surface area contributed by atoms with Gasteiger partial charge < -0.3 is 10.0 Å². The topological polar surface area (TPSA) is 43.8 Å². The van der Waals surface area contributed by atoms with Crippen LogP contribution in [0.2, 0.25) is 5.02 Å². The standard InChI is InChI=1S/C21H23ClN2O2/c22-19-10-17(7-9-20(19)25)21(26)24-13-16-6-8-18(24)14-23(12-16)11-15-4-2-1-3-5-15/h1-5,7,9-10,16,18,25H,6,8,11-14H2/t16-,18+/m0/s1. The summed E-state index contributed by atoms with van der Waals surface area (Å²) in [5.74, 6) is 0.534. The maximum absolute atomic E-state index is 13.0. The first-order valence-electron chi connectivity index (χ1n) is 9.16. The second-order valence-corrected chi connectivity index (χ2v) is 7.81. The van der Waals surface area contributed by atoms with E-state index in [4.69, 9.17) is 11.6 Å². The van der Waals surface area contributed by atoms with Crippen LogP contribution in [0.25, 0.3) is 0 Å². The van der Waals surface area contributed by atoms with E-state index in [1.807, 2.05) is 11.0 Å². The molecule has 3 aliphatic rings. The molecule has 0 radical (unpaired) electrons. The van der Waals surface area contributed by atoms with Gasteiger partial charge in [-0.05, 0) is 42.5 Å². The number of hydrogen-bond acceptors (Lipinski definition) is 3. The summed E-state index contributed by atoms with van der Waals surface area (Å²) in [6, 6.07) is 15.5. The minimum absolute atomic E-state index is 0.00893. The number of benzene rings is 2. The van der Waals surface area contributed by atoms with E-state index in [9.17, 15) is 9.90 Å². The Hall–Kier alpha value is -2.04. The molecule has 2 aromatic rings. The molecule has 3 saturated heterocycles. The monoisotopic (exact) mass is 370 g/mol. The average molecular weight is 371 g/mol. The van der Waals surface area contributed by atoms with Gasteiger partial charge in [-0.3, -0.25) is 9.69 Å². The highest BCUT2D eigenvalue weighted by atomic mass is 35.5. The van der Waals surface area contributed by atoms with Gasteiger partial charge >= 0.3 is 0 Å². The molecule has 1 N–H and O–H groups in total. The summed E-state index contributed by atoms with van der Waals surface area (Å²) >= 11 is 5.99. The number of fused-ring (bicyclic) bond motifs is 4. The van der Waals surface area contributed by atoms with Crippen molar-refractivity contribution in [3.63, 3.8) is 0 Å². The van der Waals surface area contributed by atoms with Crippen molar-refractivity contribution in [2.24, 2.45) is 5.92 Å². The zero-order valence-electron chi connectivity index (χ0n) is 14.6. The minimum Gasteiger partial charge on any atom is -0.506 e. The molecule has 3 aliphatic heterocycles. The highest BCUT2D eigenvalue weighted by Crippen LogP contribution is 2.31. The zero-order valence-corrected chi connectivity index (χ0v) is 15.4. The van der Waals surface area contributed by atoms with E-state index in [0.29, 0.717) is 11.5 Å². The third kappa shape index (κ3) is 3.57. The third-order valence-electron chi connectivity index (χ3n) is 5.49. The Kier molecular flexibility index (Phi) is 4.88. The first kappa shape index (κ1) is 17.4. The predicted molar refractivity (Wildman–Crippen MR) is 102 cm³/mol. The summed E-state index contributed by atoms with van der Waals surface area (Å²) in [5, 5.41) is 9.82. The molecular weight excluding hydrogens is 348 g/mol. The van der Waals surface area contributed by atoms with Gasteiger partial charge in [-0.2, -0.15) is 0 Å². The molecule has 5 rings (SSSR count). The van der Waals surface area contributed by atoms with E-state index in [0.717, 1.165) is 32.6 Å². The van der Waals surface area contributed by atoms with Crippen LogP contribution < -0.4 is 0 Å². The number of carbonyl (C=O) groups excluding carboxylic acids is 1. The Morgan fingerprint density at radius 1 is 1.08 bits per heavy atom. The molecule has 0 spiro atoms. The van der Waals surface area contributed by atoms with E-state index in [1.54, 1.807) is 12.1 Å². The van der Waals surface area contributed by atoms with Gasteiger partial charge in [0, 0.05) is 37.8 Å². The first-order chi connectivity index (χ1) is 12.6. The molecule has 0 aliphatic carbocycles. The molecule has 2 atom stereocenters. The summed E-state index contributed by atoms with van der Waals surface area (Å²) < 4.78 is 0. The number of rotatable bonds is 3. The Bertz CT molecular complexity index is 796. The minimum atomic E-state index is 0.00893. The van der Waals surface area contributed by atoms with Crippen molar-refractivity contribution in [1.82, 2.24) is 9.80 Å². The molecule has 0 unspecified atom stereocenters. The van der Waals surface area contributed by atoms with Crippen LogP contribution in [-0.4, -0.2) is 46.5 Å². The highest BCUT2D eigenvalue weighted by Gasteiger charge is 2.37. The Labute approximate surface area is 159 Å². The van der Waals surface area contributed by atoms with Crippen LogP contribution >= 0.6 is 11.6 Å². The van der Waals surface area contributed by atoms with Crippen LogP contribution in [0, 0.1) is 5.92 Å². The van der Waals surface area contributed by atoms with Crippen molar-refractivity contribution in [2.45, 2.75) is 25.4 Å². The molecule has 2 aromatic carbocycles. The second kappa shape index (κ2) is 7.29. The van der Waals surface area contributed by atoms with Gasteiger partial charge in [-0.15, -0.1) is 0 Å². The largest absolute Gasteiger partial charge is 0.506 e. The summed E-state index contributed by atoms with van der Waals surface area (Å²) in [5.41, 5.74) is 1.87. The normalized spacial score (nSPS) is 23.0. The van der Waals surface area contributed by atoms with Gasteiger partial charge in [0.05, 0.1) is 5.02 Å². The van der Waals surface area contributed by atoms with Crippen LogP contribution in [0.15, 0.2) is 48.5 Å². The molecule has 4 nitrogen and oxygen atoms in total. The molecule has 2 bridgehead atoms. The summed E-state index contributed by atoms with van der Waals surface area (Å²) in [6.07, 6.45) is 2.23. The summed E-state index contributed by atoms with van der Waals surface area (Å²) in [6.45, 7) is 3.67. The molecule has 3 fully saturated rings. The number of piperidine rings is 1. The van der Waals surface area contributed by atoms with Gasteiger partial charge in [0.1, 0.15) is 5.75 Å². The van der Waals surface area contributed by atoms with Crippen molar-refractivity contribution in [3.05, 3.63) is 64.7 Å². The molecule has 0 aromatic heterocycles. The zero-order chi connectivity index (χ0) is 18.1. The van der Waals surface area contributed by atoms with Crippen LogP contribution in [0.3, 0.4) is 0 Å². The van der Waals surface area contributed by atoms with E-state index in [2.05, 4.69) is 29.2 Å². The quantitative estimate of drug-likeness (QED) is 0.894. The SMILES string of the molecule is O=C(c1ccc(O)c(Cl)c1)N1C[C@H]2CC[C@@H]1CN(Cc1ccccc1)C2. The Morgan fingerprint density at radius 3 is 2.65 bits per heavy atom. The predicted octanol–water partition coefficient (Wildman–Crippen LogP) is 3.78. The van der Waals surface area contributed by atoms with E-state index >= 15 is 0 Å². The smallest absolute Gasteiger partial charge is 0.254 e. The maximum atomic E-state index is 13.0. The number of amides is 1. The molecule has 26 heavy (non-hydrogen) atoms. The van der Waals surface area contributed by atoms with Crippen LogP contribution in [0.4, 0.5) is 0 Å². The number of hydrogen-bond donors (Lipinski definition) is 1. The average Bonchev–Trinajstić information content (AvgIpc) is 2.95. The summed E-state index contributed by atoms with van der Waals surface area (Å²) in [7, 11) is 0. The number of phenolic OH excluding ortho intramolecular Hbond substituents is 1. The molecule has 5 heteroatoms. The second-order valence-electron chi connectivity index (χ2n) is 7.40.